The maximum absolute atomic E-state index is 12.4. The van der Waals surface area contributed by atoms with Crippen molar-refractivity contribution in [1.82, 2.24) is 4.90 Å². The molecule has 1 rings (SSSR count). The first-order valence-corrected chi connectivity index (χ1v) is 8.28. The van der Waals surface area contributed by atoms with Gasteiger partial charge in [0.25, 0.3) is 5.91 Å². The van der Waals surface area contributed by atoms with Crippen LogP contribution in [0.3, 0.4) is 0 Å². The van der Waals surface area contributed by atoms with Crippen LogP contribution in [0, 0.1) is 0 Å². The van der Waals surface area contributed by atoms with Gasteiger partial charge in [0.05, 0.1) is 0 Å². The van der Waals surface area contributed by atoms with E-state index in [1.54, 1.807) is 34.9 Å². The molecule has 1 atom stereocenters. The Morgan fingerprint density at radius 1 is 1.50 bits per heavy atom. The molecule has 1 amide bonds. The molecule has 0 bridgehead atoms. The number of carbonyl (C=O) groups excluding carboxylic acids is 1. The molecule has 0 spiro atoms. The monoisotopic (exact) mass is 349 g/mol. The first kappa shape index (κ1) is 15.9. The Bertz CT molecular complexity index is 407. The molecule has 1 aromatic carbocycles. The SMILES string of the molecule is CCC(CSC)N(C)C(=O)c1cc(Cl)cc(Br)c1. The Hall–Kier alpha value is -0.190. The summed E-state index contributed by atoms with van der Waals surface area (Å²) in [5.74, 6) is 0.958. The minimum absolute atomic E-state index is 0.0131. The number of hydrogen-bond donors (Lipinski definition) is 0. The number of amides is 1. The predicted octanol–water partition coefficient (Wildman–Crippen LogP) is 4.32. The zero-order chi connectivity index (χ0) is 13.7. The Morgan fingerprint density at radius 3 is 2.67 bits per heavy atom. The van der Waals surface area contributed by atoms with Crippen molar-refractivity contribution in [1.29, 1.82) is 0 Å². The van der Waals surface area contributed by atoms with Gasteiger partial charge in [-0.3, -0.25) is 4.79 Å². The summed E-state index contributed by atoms with van der Waals surface area (Å²) >= 11 is 11.1. The third-order valence-corrected chi connectivity index (χ3v) is 4.20. The van der Waals surface area contributed by atoms with Gasteiger partial charge in [0, 0.05) is 33.9 Å². The second kappa shape index (κ2) is 7.41. The van der Waals surface area contributed by atoms with Crippen LogP contribution in [0.15, 0.2) is 22.7 Å². The van der Waals surface area contributed by atoms with Crippen LogP contribution in [0.25, 0.3) is 0 Å². The van der Waals surface area contributed by atoms with Gasteiger partial charge in [0.2, 0.25) is 0 Å². The molecule has 18 heavy (non-hydrogen) atoms. The van der Waals surface area contributed by atoms with Gasteiger partial charge in [-0.25, -0.2) is 0 Å². The summed E-state index contributed by atoms with van der Waals surface area (Å²) in [4.78, 5) is 14.2. The highest BCUT2D eigenvalue weighted by Crippen LogP contribution is 2.21. The van der Waals surface area contributed by atoms with E-state index in [1.165, 1.54) is 0 Å². The average Bonchev–Trinajstić information content (AvgIpc) is 2.33. The summed E-state index contributed by atoms with van der Waals surface area (Å²) in [6.45, 7) is 2.10. The molecule has 100 valence electrons. The summed E-state index contributed by atoms with van der Waals surface area (Å²) in [6, 6.07) is 5.54. The molecule has 0 aliphatic rings. The molecule has 2 nitrogen and oxygen atoms in total. The molecule has 0 heterocycles. The van der Waals surface area contributed by atoms with E-state index in [0.717, 1.165) is 16.6 Å². The molecular formula is C13H17BrClNOS. The molecule has 0 saturated carbocycles. The van der Waals surface area contributed by atoms with Crippen LogP contribution in [0.1, 0.15) is 23.7 Å². The molecule has 0 saturated heterocycles. The lowest BCUT2D eigenvalue weighted by Gasteiger charge is -2.27. The van der Waals surface area contributed by atoms with E-state index >= 15 is 0 Å². The highest BCUT2D eigenvalue weighted by atomic mass is 79.9. The molecular weight excluding hydrogens is 334 g/mol. The second-order valence-electron chi connectivity index (χ2n) is 4.09. The van der Waals surface area contributed by atoms with Crippen molar-refractivity contribution >= 4 is 45.2 Å². The Labute approximate surface area is 126 Å². The standard InChI is InChI=1S/C13H17BrClNOS/c1-4-12(8-18-3)16(2)13(17)9-5-10(14)7-11(15)6-9/h5-7,12H,4,8H2,1-3H3. The van der Waals surface area contributed by atoms with E-state index < -0.39 is 0 Å². The number of halogens is 2. The predicted molar refractivity (Wildman–Crippen MR) is 83.7 cm³/mol. The van der Waals surface area contributed by atoms with Gasteiger partial charge in [0.1, 0.15) is 0 Å². The van der Waals surface area contributed by atoms with Crippen molar-refractivity contribution in [3.8, 4) is 0 Å². The Morgan fingerprint density at radius 2 is 2.17 bits per heavy atom. The van der Waals surface area contributed by atoms with Crippen molar-refractivity contribution < 1.29 is 4.79 Å². The van der Waals surface area contributed by atoms with E-state index in [9.17, 15) is 4.79 Å². The van der Waals surface area contributed by atoms with E-state index in [0.29, 0.717) is 10.6 Å². The van der Waals surface area contributed by atoms with Gasteiger partial charge in [-0.1, -0.05) is 34.5 Å². The number of thioether (sulfide) groups is 1. The minimum atomic E-state index is 0.0131. The fourth-order valence-electron chi connectivity index (χ4n) is 1.74. The maximum Gasteiger partial charge on any atom is 0.253 e. The van der Waals surface area contributed by atoms with Crippen LogP contribution in [-0.4, -0.2) is 35.9 Å². The molecule has 0 aromatic heterocycles. The lowest BCUT2D eigenvalue weighted by Crippen LogP contribution is -2.38. The minimum Gasteiger partial charge on any atom is -0.338 e. The van der Waals surface area contributed by atoms with Gasteiger partial charge < -0.3 is 4.90 Å². The average molecular weight is 351 g/mol. The number of carbonyl (C=O) groups is 1. The third kappa shape index (κ3) is 4.18. The van der Waals surface area contributed by atoms with Gasteiger partial charge in [-0.05, 0) is 30.9 Å². The molecule has 0 aliphatic heterocycles. The summed E-state index contributed by atoms with van der Waals surface area (Å²) in [7, 11) is 1.85. The van der Waals surface area contributed by atoms with E-state index in [4.69, 9.17) is 11.6 Å². The van der Waals surface area contributed by atoms with E-state index in [-0.39, 0.29) is 11.9 Å². The summed E-state index contributed by atoms with van der Waals surface area (Å²) in [5.41, 5.74) is 0.622. The van der Waals surface area contributed by atoms with Gasteiger partial charge >= 0.3 is 0 Å². The summed E-state index contributed by atoms with van der Waals surface area (Å²) < 4.78 is 0.824. The topological polar surface area (TPSA) is 20.3 Å². The number of hydrogen-bond acceptors (Lipinski definition) is 2. The fourth-order valence-corrected chi connectivity index (χ4v) is 3.45. The molecule has 1 aromatic rings. The molecule has 5 heteroatoms. The molecule has 0 aliphatic carbocycles. The zero-order valence-corrected chi connectivity index (χ0v) is 13.9. The van der Waals surface area contributed by atoms with Crippen molar-refractivity contribution in [2.45, 2.75) is 19.4 Å². The van der Waals surface area contributed by atoms with Crippen molar-refractivity contribution in [2.24, 2.45) is 0 Å². The fraction of sp³-hybridized carbons (Fsp3) is 0.462. The second-order valence-corrected chi connectivity index (χ2v) is 6.35. The van der Waals surface area contributed by atoms with Crippen LogP contribution in [0.4, 0.5) is 0 Å². The third-order valence-electron chi connectivity index (χ3n) is 2.81. The number of benzene rings is 1. The quantitative estimate of drug-likeness (QED) is 0.788. The Balaban J connectivity index is 2.91. The van der Waals surface area contributed by atoms with Crippen molar-refractivity contribution in [3.63, 3.8) is 0 Å². The highest BCUT2D eigenvalue weighted by Gasteiger charge is 2.19. The van der Waals surface area contributed by atoms with Crippen molar-refractivity contribution in [2.75, 3.05) is 19.1 Å². The van der Waals surface area contributed by atoms with E-state index in [1.807, 2.05) is 7.05 Å². The molecule has 0 radical (unpaired) electrons. The molecule has 0 fully saturated rings. The first-order valence-electron chi connectivity index (χ1n) is 5.71. The smallest absolute Gasteiger partial charge is 0.253 e. The zero-order valence-electron chi connectivity index (χ0n) is 10.7. The summed E-state index contributed by atoms with van der Waals surface area (Å²) in [6.07, 6.45) is 3.00. The van der Waals surface area contributed by atoms with E-state index in [2.05, 4.69) is 29.1 Å². The van der Waals surface area contributed by atoms with Gasteiger partial charge in [-0.15, -0.1) is 0 Å². The molecule has 1 unspecified atom stereocenters. The maximum atomic E-state index is 12.4. The first-order chi connectivity index (χ1) is 8.49. The lowest BCUT2D eigenvalue weighted by atomic mass is 10.1. The largest absolute Gasteiger partial charge is 0.338 e. The highest BCUT2D eigenvalue weighted by molar-refractivity contribution is 9.10. The van der Waals surface area contributed by atoms with Gasteiger partial charge in [0.15, 0.2) is 0 Å². The van der Waals surface area contributed by atoms with Crippen molar-refractivity contribution in [3.05, 3.63) is 33.3 Å². The molecule has 0 N–H and O–H groups in total. The van der Waals surface area contributed by atoms with Crippen LogP contribution in [-0.2, 0) is 0 Å². The van der Waals surface area contributed by atoms with Crippen LogP contribution >= 0.6 is 39.3 Å². The number of rotatable bonds is 5. The van der Waals surface area contributed by atoms with Crippen LogP contribution in [0.5, 0.6) is 0 Å². The van der Waals surface area contributed by atoms with Gasteiger partial charge in [-0.2, -0.15) is 11.8 Å². The number of nitrogens with zero attached hydrogens (tertiary/aromatic N) is 1. The normalized spacial score (nSPS) is 12.3. The Kier molecular flexibility index (Phi) is 6.53. The van der Waals surface area contributed by atoms with Crippen LogP contribution in [0.2, 0.25) is 5.02 Å². The lowest BCUT2D eigenvalue weighted by molar-refractivity contribution is 0.0743. The van der Waals surface area contributed by atoms with Crippen LogP contribution < -0.4 is 0 Å². The summed E-state index contributed by atoms with van der Waals surface area (Å²) in [5, 5.41) is 0.569.